The van der Waals surface area contributed by atoms with Crippen LogP contribution in [0.15, 0.2) is 27.8 Å². The van der Waals surface area contributed by atoms with E-state index in [1.54, 1.807) is 39.0 Å². The van der Waals surface area contributed by atoms with E-state index in [9.17, 15) is 14.9 Å². The topological polar surface area (TPSA) is 141 Å². The number of esters is 1. The Balaban J connectivity index is 1.98. The molecule has 1 amide bonds. The highest BCUT2D eigenvalue weighted by molar-refractivity contribution is 9.10. The molecule has 2 aromatic rings. The van der Waals surface area contributed by atoms with E-state index in [4.69, 9.17) is 23.7 Å². The first-order valence-corrected chi connectivity index (χ1v) is 11.5. The Morgan fingerprint density at radius 1 is 1.22 bits per heavy atom. The van der Waals surface area contributed by atoms with Gasteiger partial charge in [0.2, 0.25) is 5.88 Å². The number of pyridine rings is 1. The average molecular weight is 563 g/mol. The Hall–Kier alpha value is -3.69. The minimum Gasteiger partial charge on any atom is -0.493 e. The lowest BCUT2D eigenvalue weighted by molar-refractivity contribution is -0.149. The van der Waals surface area contributed by atoms with Crippen LogP contribution in [0.25, 0.3) is 0 Å². The molecule has 12 heteroatoms. The van der Waals surface area contributed by atoms with Gasteiger partial charge in [-0.05, 0) is 60.5 Å². The summed E-state index contributed by atoms with van der Waals surface area (Å²) in [6, 6.07) is 6.94. The number of hydrogen-bond donors (Lipinski definition) is 1. The quantitative estimate of drug-likeness (QED) is 0.234. The van der Waals surface area contributed by atoms with E-state index in [2.05, 4.69) is 31.4 Å². The first kappa shape index (κ1) is 28.5. The van der Waals surface area contributed by atoms with Gasteiger partial charge in [0.1, 0.15) is 11.6 Å². The molecule has 1 aromatic heterocycles. The van der Waals surface area contributed by atoms with Crippen LogP contribution >= 0.6 is 15.9 Å². The van der Waals surface area contributed by atoms with Gasteiger partial charge in [-0.15, -0.1) is 0 Å². The molecule has 0 aliphatic rings. The number of nitrogens with one attached hydrogen (secondary N) is 1. The second-order valence-corrected chi connectivity index (χ2v) is 8.33. The van der Waals surface area contributed by atoms with E-state index in [0.29, 0.717) is 32.8 Å². The molecule has 0 fully saturated rings. The normalized spacial score (nSPS) is 10.7. The number of nitriles is 1. The number of methoxy groups -OCH3 is 2. The molecule has 1 N–H and O–H groups in total. The first-order chi connectivity index (χ1) is 17.2. The number of halogens is 1. The summed E-state index contributed by atoms with van der Waals surface area (Å²) < 4.78 is 27.0. The Bertz CT molecular complexity index is 1160. The lowest BCUT2D eigenvalue weighted by Gasteiger charge is -2.13. The van der Waals surface area contributed by atoms with Crippen molar-refractivity contribution in [1.82, 2.24) is 10.4 Å². The van der Waals surface area contributed by atoms with Crippen molar-refractivity contribution in [2.24, 2.45) is 5.10 Å². The molecule has 0 atom stereocenters. The summed E-state index contributed by atoms with van der Waals surface area (Å²) >= 11 is 3.40. The molecule has 0 spiro atoms. The first-order valence-electron chi connectivity index (χ1n) is 10.7. The Kier molecular flexibility index (Phi) is 11.1. The standard InChI is InChI=1S/C24H27BrN4O7/c1-14(2)36-22(31)13-34-19-7-6-16(8-20(19)33-5)10-27-29-21(30)12-35-24-17(9-26)18(11-32-4)23(25)15(3)28-24/h6-8,10,14H,11-13H2,1-5H3,(H,29,30)/b27-10+. The van der Waals surface area contributed by atoms with Gasteiger partial charge in [-0.3, -0.25) is 4.79 Å². The van der Waals surface area contributed by atoms with E-state index in [1.807, 2.05) is 6.07 Å². The van der Waals surface area contributed by atoms with Crippen LogP contribution in [0.4, 0.5) is 0 Å². The Morgan fingerprint density at radius 2 is 1.97 bits per heavy atom. The van der Waals surface area contributed by atoms with Crippen LogP contribution in [0.5, 0.6) is 17.4 Å². The molecule has 1 aromatic carbocycles. The fourth-order valence-electron chi connectivity index (χ4n) is 2.88. The van der Waals surface area contributed by atoms with Crippen LogP contribution in [0.2, 0.25) is 0 Å². The molecule has 0 saturated carbocycles. The average Bonchev–Trinajstić information content (AvgIpc) is 2.84. The lowest BCUT2D eigenvalue weighted by Crippen LogP contribution is -2.25. The van der Waals surface area contributed by atoms with Gasteiger partial charge in [0.25, 0.3) is 5.91 Å². The lowest BCUT2D eigenvalue weighted by atomic mass is 10.1. The summed E-state index contributed by atoms with van der Waals surface area (Å²) in [5.74, 6) is -0.291. The van der Waals surface area contributed by atoms with Crippen molar-refractivity contribution in [3.05, 3.63) is 45.1 Å². The number of aromatic nitrogens is 1. The summed E-state index contributed by atoms with van der Waals surface area (Å²) in [6.07, 6.45) is 1.16. The molecule has 0 saturated heterocycles. The minimum atomic E-state index is -0.554. The van der Waals surface area contributed by atoms with E-state index in [0.717, 1.165) is 0 Å². The van der Waals surface area contributed by atoms with Crippen LogP contribution in [0, 0.1) is 18.3 Å². The second kappa shape index (κ2) is 14.0. The number of amides is 1. The van der Waals surface area contributed by atoms with Gasteiger partial charge >= 0.3 is 5.97 Å². The minimum absolute atomic E-state index is 0.0296. The summed E-state index contributed by atoms with van der Waals surface area (Å²) in [4.78, 5) is 28.1. The monoisotopic (exact) mass is 562 g/mol. The number of ether oxygens (including phenoxy) is 5. The third kappa shape index (κ3) is 8.21. The molecular formula is C24H27BrN4O7. The number of rotatable bonds is 12. The van der Waals surface area contributed by atoms with Crippen molar-refractivity contribution in [1.29, 1.82) is 5.26 Å². The maximum absolute atomic E-state index is 12.2. The van der Waals surface area contributed by atoms with Crippen molar-refractivity contribution in [2.75, 3.05) is 27.4 Å². The Morgan fingerprint density at radius 3 is 2.61 bits per heavy atom. The molecule has 0 aliphatic carbocycles. The van der Waals surface area contributed by atoms with Crippen LogP contribution in [0.1, 0.15) is 36.2 Å². The smallest absolute Gasteiger partial charge is 0.344 e. The van der Waals surface area contributed by atoms with Crippen LogP contribution in [0.3, 0.4) is 0 Å². The number of carbonyl (C=O) groups excluding carboxylic acids is 2. The highest BCUT2D eigenvalue weighted by Crippen LogP contribution is 2.30. The second-order valence-electron chi connectivity index (χ2n) is 7.53. The third-order valence-corrected chi connectivity index (χ3v) is 5.46. The Labute approximate surface area is 217 Å². The van der Waals surface area contributed by atoms with E-state index >= 15 is 0 Å². The third-order valence-electron chi connectivity index (χ3n) is 4.41. The van der Waals surface area contributed by atoms with Crippen molar-refractivity contribution < 1.29 is 33.3 Å². The predicted molar refractivity (Wildman–Crippen MR) is 133 cm³/mol. The van der Waals surface area contributed by atoms with E-state index < -0.39 is 18.5 Å². The fraction of sp³-hybridized carbons (Fsp3) is 0.375. The molecule has 0 radical (unpaired) electrons. The molecule has 0 bridgehead atoms. The van der Waals surface area contributed by atoms with Crippen LogP contribution < -0.4 is 19.6 Å². The van der Waals surface area contributed by atoms with Gasteiger partial charge in [0, 0.05) is 17.1 Å². The van der Waals surface area contributed by atoms with Gasteiger partial charge in [-0.25, -0.2) is 15.2 Å². The maximum atomic E-state index is 12.2. The summed E-state index contributed by atoms with van der Waals surface area (Å²) in [7, 11) is 2.97. The zero-order chi connectivity index (χ0) is 26.7. The molecule has 0 unspecified atom stereocenters. The van der Waals surface area contributed by atoms with E-state index in [1.165, 1.54) is 20.4 Å². The highest BCUT2D eigenvalue weighted by Gasteiger charge is 2.18. The summed E-state index contributed by atoms with van der Waals surface area (Å²) in [5, 5.41) is 13.4. The van der Waals surface area contributed by atoms with Gasteiger partial charge in [0.05, 0.1) is 31.7 Å². The zero-order valence-electron chi connectivity index (χ0n) is 20.6. The number of hydrogen-bond acceptors (Lipinski definition) is 10. The van der Waals surface area contributed by atoms with Crippen molar-refractivity contribution in [2.45, 2.75) is 33.5 Å². The highest BCUT2D eigenvalue weighted by atomic mass is 79.9. The predicted octanol–water partition coefficient (Wildman–Crippen LogP) is 3.04. The van der Waals surface area contributed by atoms with Gasteiger partial charge < -0.3 is 23.7 Å². The summed E-state index contributed by atoms with van der Waals surface area (Å²) in [6.45, 7) is 4.75. The van der Waals surface area contributed by atoms with Gasteiger partial charge in [-0.2, -0.15) is 10.4 Å². The fourth-order valence-corrected chi connectivity index (χ4v) is 3.28. The van der Waals surface area contributed by atoms with Gasteiger partial charge in [0.15, 0.2) is 24.7 Å². The molecular weight excluding hydrogens is 536 g/mol. The number of hydrazone groups is 1. The van der Waals surface area contributed by atoms with Gasteiger partial charge in [-0.1, -0.05) is 0 Å². The number of benzene rings is 1. The number of carbonyl (C=O) groups is 2. The molecule has 0 aliphatic heterocycles. The van der Waals surface area contributed by atoms with Crippen molar-refractivity contribution in [3.8, 4) is 23.4 Å². The summed E-state index contributed by atoms with van der Waals surface area (Å²) in [5.41, 5.74) is 4.30. The molecule has 1 heterocycles. The molecule has 11 nitrogen and oxygen atoms in total. The molecule has 192 valence electrons. The van der Waals surface area contributed by atoms with Crippen LogP contribution in [-0.4, -0.2) is 56.6 Å². The van der Waals surface area contributed by atoms with Crippen molar-refractivity contribution in [3.63, 3.8) is 0 Å². The maximum Gasteiger partial charge on any atom is 0.344 e. The largest absolute Gasteiger partial charge is 0.493 e. The zero-order valence-corrected chi connectivity index (χ0v) is 22.2. The molecule has 36 heavy (non-hydrogen) atoms. The van der Waals surface area contributed by atoms with Crippen LogP contribution in [-0.2, 0) is 25.7 Å². The van der Waals surface area contributed by atoms with Crippen molar-refractivity contribution >= 4 is 34.0 Å². The molecule has 2 rings (SSSR count). The number of aryl methyl sites for hydroxylation is 1. The van der Waals surface area contributed by atoms with E-state index in [-0.39, 0.29) is 30.8 Å². The SMILES string of the molecule is COCc1c(Br)c(C)nc(OCC(=O)N/N=C/c2ccc(OCC(=O)OC(C)C)c(OC)c2)c1C#N. The number of nitrogens with zero attached hydrogens (tertiary/aromatic N) is 3.